The van der Waals surface area contributed by atoms with Crippen molar-refractivity contribution < 1.29 is 39.9 Å². The summed E-state index contributed by atoms with van der Waals surface area (Å²) >= 11 is 0. The van der Waals surface area contributed by atoms with Crippen molar-refractivity contribution in [2.24, 2.45) is 0 Å². The molecular weight excluding hydrogens is 407 g/mol. The molecule has 0 saturated heterocycles. The van der Waals surface area contributed by atoms with Crippen molar-refractivity contribution in [2.75, 3.05) is 0 Å². The third-order valence-electron chi connectivity index (χ3n) is 4.30. The van der Waals surface area contributed by atoms with E-state index in [1.807, 2.05) is 6.92 Å². The highest BCUT2D eigenvalue weighted by Gasteiger charge is 2.55. The summed E-state index contributed by atoms with van der Waals surface area (Å²) in [4.78, 5) is 10.5. The first-order valence-electron chi connectivity index (χ1n) is 7.93. The monoisotopic (exact) mass is 420 g/mol. The first-order chi connectivity index (χ1) is 12.8. The van der Waals surface area contributed by atoms with Gasteiger partial charge in [-0.05, 0) is 24.6 Å². The molecule has 2 aromatic carbocycles. The Balaban J connectivity index is 2.06. The fraction of sp³-hybridized carbons (Fsp3) is 0.278. The van der Waals surface area contributed by atoms with Crippen molar-refractivity contribution in [1.82, 2.24) is 0 Å². The summed E-state index contributed by atoms with van der Waals surface area (Å²) < 4.78 is 95.3. The Bertz CT molecular complexity index is 1040. The van der Waals surface area contributed by atoms with Gasteiger partial charge in [0.15, 0.2) is 0 Å². The summed E-state index contributed by atoms with van der Waals surface area (Å²) in [5.41, 5.74) is -5.82. The molecule has 0 aromatic heterocycles. The van der Waals surface area contributed by atoms with E-state index in [2.05, 4.69) is 0 Å². The van der Waals surface area contributed by atoms with E-state index < -0.39 is 49.5 Å². The lowest BCUT2D eigenvalue weighted by Crippen LogP contribution is -2.28. The quantitative estimate of drug-likeness (QED) is 0.695. The molecule has 10 heteroatoms. The summed E-state index contributed by atoms with van der Waals surface area (Å²) in [5, 5.41) is 0. The van der Waals surface area contributed by atoms with Crippen molar-refractivity contribution in [1.29, 1.82) is 0 Å². The SMILES string of the molecule is Cc1ccc(COc2ccc(S(=O)(=O)C(F)(F)F)c3c2CC(F)(F)C3=O)cc1. The number of Topliss-reactive ketones (excluding diaryl/α,β-unsaturated/α-hetero) is 1. The van der Waals surface area contributed by atoms with Crippen LogP contribution in [0.2, 0.25) is 0 Å². The van der Waals surface area contributed by atoms with Gasteiger partial charge in [0.25, 0.3) is 9.84 Å². The maximum atomic E-state index is 13.9. The molecule has 0 atom stereocenters. The molecule has 1 aliphatic rings. The van der Waals surface area contributed by atoms with Gasteiger partial charge < -0.3 is 4.74 Å². The highest BCUT2D eigenvalue weighted by molar-refractivity contribution is 7.92. The second-order valence-corrected chi connectivity index (χ2v) is 8.26. The number of sulfone groups is 1. The minimum atomic E-state index is -5.98. The van der Waals surface area contributed by atoms with Gasteiger partial charge in [-0.1, -0.05) is 29.8 Å². The number of ketones is 1. The summed E-state index contributed by atoms with van der Waals surface area (Å²) in [7, 11) is -5.98. The van der Waals surface area contributed by atoms with E-state index in [9.17, 15) is 35.2 Å². The zero-order chi connectivity index (χ0) is 20.9. The number of aryl methyl sites for hydroxylation is 1. The number of hydrogen-bond acceptors (Lipinski definition) is 4. The van der Waals surface area contributed by atoms with Crippen LogP contribution in [0, 0.1) is 6.92 Å². The van der Waals surface area contributed by atoms with Crippen molar-refractivity contribution in [3.8, 4) is 5.75 Å². The van der Waals surface area contributed by atoms with Crippen LogP contribution in [0.15, 0.2) is 41.3 Å². The smallest absolute Gasteiger partial charge is 0.489 e. The average molecular weight is 420 g/mol. The molecule has 28 heavy (non-hydrogen) atoms. The molecule has 0 bridgehead atoms. The van der Waals surface area contributed by atoms with E-state index >= 15 is 0 Å². The Labute approximate surface area is 156 Å². The van der Waals surface area contributed by atoms with E-state index in [-0.39, 0.29) is 12.4 Å². The molecule has 0 radical (unpaired) electrons. The standard InChI is InChI=1S/C18H13F5O4S/c1-10-2-4-11(5-3-10)9-27-13-6-7-14(28(25,26)18(21,22)23)15-12(13)8-17(19,20)16(15)24/h2-7H,8-9H2,1H3. The highest BCUT2D eigenvalue weighted by Crippen LogP contribution is 2.44. The van der Waals surface area contributed by atoms with Crippen molar-refractivity contribution in [3.63, 3.8) is 0 Å². The Kier molecular flexibility index (Phi) is 4.73. The molecule has 0 N–H and O–H groups in total. The lowest BCUT2D eigenvalue weighted by atomic mass is 10.1. The van der Waals surface area contributed by atoms with E-state index in [0.29, 0.717) is 11.6 Å². The third kappa shape index (κ3) is 3.36. The zero-order valence-corrected chi connectivity index (χ0v) is 15.1. The molecule has 150 valence electrons. The molecule has 1 aliphatic carbocycles. The fourth-order valence-corrected chi connectivity index (χ4v) is 3.83. The minimum Gasteiger partial charge on any atom is -0.489 e. The molecule has 0 heterocycles. The van der Waals surface area contributed by atoms with Gasteiger partial charge in [-0.25, -0.2) is 8.42 Å². The summed E-state index contributed by atoms with van der Waals surface area (Å²) in [5.74, 6) is -6.24. The van der Waals surface area contributed by atoms with Crippen LogP contribution in [0.3, 0.4) is 0 Å². The van der Waals surface area contributed by atoms with Gasteiger partial charge in [0.2, 0.25) is 5.78 Å². The molecule has 0 unspecified atom stereocenters. The van der Waals surface area contributed by atoms with E-state index in [4.69, 9.17) is 4.74 Å². The number of halogens is 5. The zero-order valence-electron chi connectivity index (χ0n) is 14.3. The molecule has 4 nitrogen and oxygen atoms in total. The number of carbonyl (C=O) groups is 1. The fourth-order valence-electron chi connectivity index (χ4n) is 2.85. The van der Waals surface area contributed by atoms with Crippen LogP contribution in [0.4, 0.5) is 22.0 Å². The highest BCUT2D eigenvalue weighted by atomic mass is 32.2. The minimum absolute atomic E-state index is 0.0994. The first-order valence-corrected chi connectivity index (χ1v) is 9.41. The third-order valence-corrected chi connectivity index (χ3v) is 5.83. The molecule has 0 saturated carbocycles. The Morgan fingerprint density at radius 3 is 2.25 bits per heavy atom. The topological polar surface area (TPSA) is 60.4 Å². The number of hydrogen-bond donors (Lipinski definition) is 0. The van der Waals surface area contributed by atoms with E-state index in [0.717, 1.165) is 11.6 Å². The lowest BCUT2D eigenvalue weighted by molar-refractivity contribution is -0.0436. The number of rotatable bonds is 4. The number of fused-ring (bicyclic) bond motifs is 1. The van der Waals surface area contributed by atoms with Gasteiger partial charge in [-0.2, -0.15) is 22.0 Å². The Morgan fingerprint density at radius 1 is 1.07 bits per heavy atom. The van der Waals surface area contributed by atoms with Gasteiger partial charge >= 0.3 is 11.4 Å². The maximum absolute atomic E-state index is 13.9. The molecule has 0 fully saturated rings. The summed E-state index contributed by atoms with van der Waals surface area (Å²) in [6.45, 7) is 1.75. The van der Waals surface area contributed by atoms with Crippen LogP contribution in [-0.2, 0) is 22.9 Å². The van der Waals surface area contributed by atoms with Gasteiger partial charge in [-0.15, -0.1) is 0 Å². The van der Waals surface area contributed by atoms with Gasteiger partial charge in [0.05, 0.1) is 10.5 Å². The van der Waals surface area contributed by atoms with Crippen LogP contribution in [0.5, 0.6) is 5.75 Å². The second kappa shape index (κ2) is 6.54. The molecule has 2 aromatic rings. The Morgan fingerprint density at radius 2 is 1.68 bits per heavy atom. The first kappa shape index (κ1) is 20.2. The van der Waals surface area contributed by atoms with E-state index in [1.54, 1.807) is 24.3 Å². The van der Waals surface area contributed by atoms with E-state index in [1.165, 1.54) is 0 Å². The largest absolute Gasteiger partial charge is 0.501 e. The molecule has 3 rings (SSSR count). The lowest BCUT2D eigenvalue weighted by Gasteiger charge is -2.14. The predicted octanol–water partition coefficient (Wildman–Crippen LogP) is 4.24. The number of alkyl halides is 5. The van der Waals surface area contributed by atoms with Crippen LogP contribution >= 0.6 is 0 Å². The number of carbonyl (C=O) groups excluding carboxylic acids is 1. The van der Waals surface area contributed by atoms with Crippen LogP contribution in [0.25, 0.3) is 0 Å². The summed E-state index contributed by atoms with van der Waals surface area (Å²) in [6, 6.07) is 8.31. The van der Waals surface area contributed by atoms with Gasteiger partial charge in [0, 0.05) is 12.0 Å². The van der Waals surface area contributed by atoms with Gasteiger partial charge in [-0.3, -0.25) is 4.79 Å². The van der Waals surface area contributed by atoms with Gasteiger partial charge in [0.1, 0.15) is 12.4 Å². The maximum Gasteiger partial charge on any atom is 0.501 e. The van der Waals surface area contributed by atoms with Crippen LogP contribution in [0.1, 0.15) is 27.0 Å². The van der Waals surface area contributed by atoms with Crippen molar-refractivity contribution >= 4 is 15.6 Å². The van der Waals surface area contributed by atoms with Crippen LogP contribution in [-0.4, -0.2) is 25.6 Å². The molecule has 0 amide bonds. The normalized spacial score (nSPS) is 16.1. The second-order valence-electron chi connectivity index (χ2n) is 6.35. The molecular formula is C18H13F5O4S. The average Bonchev–Trinajstić information content (AvgIpc) is 2.83. The number of benzene rings is 2. The Hall–Kier alpha value is -2.49. The van der Waals surface area contributed by atoms with Crippen molar-refractivity contribution in [3.05, 3.63) is 58.7 Å². The molecule has 0 aliphatic heterocycles. The predicted molar refractivity (Wildman–Crippen MR) is 88.2 cm³/mol. The summed E-state index contributed by atoms with van der Waals surface area (Å²) in [6.07, 6.45) is -1.23. The van der Waals surface area contributed by atoms with Crippen molar-refractivity contribution in [2.45, 2.75) is 36.3 Å². The molecule has 0 spiro atoms. The number of ether oxygens (including phenoxy) is 1. The van der Waals surface area contributed by atoms with Crippen LogP contribution < -0.4 is 4.74 Å².